The molecule has 0 amide bonds. The van der Waals surface area contributed by atoms with Crippen LogP contribution in [-0.2, 0) is 23.7 Å². The minimum absolute atomic E-state index is 0.0955. The van der Waals surface area contributed by atoms with Crippen molar-refractivity contribution >= 4 is 0 Å². The molecule has 5 nitrogen and oxygen atoms in total. The van der Waals surface area contributed by atoms with Crippen molar-refractivity contribution in [2.45, 2.75) is 99.8 Å². The van der Waals surface area contributed by atoms with E-state index in [0.717, 1.165) is 6.61 Å². The van der Waals surface area contributed by atoms with Gasteiger partial charge in [0.2, 0.25) is 0 Å². The molecule has 3 saturated heterocycles. The third kappa shape index (κ3) is 6.37. The highest BCUT2D eigenvalue weighted by molar-refractivity contribution is 4.88. The first kappa shape index (κ1) is 28.4. The normalized spacial score (nSPS) is 50.3. The van der Waals surface area contributed by atoms with Crippen LogP contribution < -0.4 is 0 Å². The Labute approximate surface area is 210 Å². The van der Waals surface area contributed by atoms with Gasteiger partial charge >= 0.3 is 0 Å². The van der Waals surface area contributed by atoms with Crippen LogP contribution in [-0.4, -0.2) is 63.6 Å². The molecule has 14 atom stereocenters. The monoisotopic (exact) mass is 482 g/mol. The summed E-state index contributed by atoms with van der Waals surface area (Å²) >= 11 is 0. The molecule has 34 heavy (non-hydrogen) atoms. The molecular weight excluding hydrogens is 428 g/mol. The fraction of sp³-hybridized carbons (Fsp3) is 1.00. The molecule has 3 heterocycles. The zero-order chi connectivity index (χ0) is 25.2. The molecule has 0 spiro atoms. The zero-order valence-corrected chi connectivity index (χ0v) is 23.7. The van der Waals surface area contributed by atoms with E-state index in [-0.39, 0.29) is 30.5 Å². The lowest BCUT2D eigenvalue weighted by molar-refractivity contribution is -0.193. The van der Waals surface area contributed by atoms with Crippen molar-refractivity contribution in [3.05, 3.63) is 0 Å². The number of rotatable bonds is 8. The van der Waals surface area contributed by atoms with Gasteiger partial charge in [-0.1, -0.05) is 62.3 Å². The lowest BCUT2D eigenvalue weighted by Gasteiger charge is -2.45. The summed E-state index contributed by atoms with van der Waals surface area (Å²) in [6.45, 7) is 26.4. The van der Waals surface area contributed by atoms with E-state index in [1.165, 1.54) is 0 Å². The van der Waals surface area contributed by atoms with Crippen LogP contribution in [0.3, 0.4) is 0 Å². The summed E-state index contributed by atoms with van der Waals surface area (Å²) < 4.78 is 31.4. The van der Waals surface area contributed by atoms with Gasteiger partial charge < -0.3 is 23.7 Å². The van der Waals surface area contributed by atoms with E-state index in [4.69, 9.17) is 23.7 Å². The van der Waals surface area contributed by atoms with Gasteiger partial charge in [-0.3, -0.25) is 0 Å². The lowest BCUT2D eigenvalue weighted by atomic mass is 9.76. The average molecular weight is 483 g/mol. The molecule has 14 unspecified atom stereocenters. The SMILES string of the molecule is CC1COC(COCC2OC(COCC3OC(C)C(C)C(C)C3C)C(C)C(C)C2C)C(C)C1C. The Bertz CT molecular complexity index is 613. The Kier molecular flexibility index (Phi) is 10.3. The molecule has 3 aliphatic heterocycles. The van der Waals surface area contributed by atoms with Crippen LogP contribution in [0.5, 0.6) is 0 Å². The highest BCUT2D eigenvalue weighted by Gasteiger charge is 2.41. The van der Waals surface area contributed by atoms with Crippen LogP contribution >= 0.6 is 0 Å². The molecule has 0 aliphatic carbocycles. The van der Waals surface area contributed by atoms with Crippen molar-refractivity contribution in [1.29, 1.82) is 0 Å². The maximum atomic E-state index is 6.58. The molecule has 5 heteroatoms. The molecule has 3 fully saturated rings. The van der Waals surface area contributed by atoms with Gasteiger partial charge in [0.05, 0.1) is 56.9 Å². The quantitative estimate of drug-likeness (QED) is 0.444. The van der Waals surface area contributed by atoms with Gasteiger partial charge in [-0.2, -0.15) is 0 Å². The number of hydrogen-bond donors (Lipinski definition) is 0. The smallest absolute Gasteiger partial charge is 0.0841 e. The second-order valence-corrected chi connectivity index (χ2v) is 12.4. The standard InChI is InChI=1S/C29H54O5/c1-16-11-32-26(21(6)17(16)2)12-30-14-28-23(8)19(4)24(9)29(34-28)15-31-13-27-22(7)18(3)20(5)25(10)33-27/h16-29H,11-15H2,1-10H3. The molecule has 0 N–H and O–H groups in total. The summed E-state index contributed by atoms with van der Waals surface area (Å²) in [5, 5.41) is 0. The van der Waals surface area contributed by atoms with E-state index < -0.39 is 0 Å². The summed E-state index contributed by atoms with van der Waals surface area (Å²) in [5.41, 5.74) is 0. The van der Waals surface area contributed by atoms with Crippen LogP contribution in [0.4, 0.5) is 0 Å². The van der Waals surface area contributed by atoms with Crippen LogP contribution in [0, 0.1) is 53.3 Å². The maximum Gasteiger partial charge on any atom is 0.0841 e. The lowest BCUT2D eigenvalue weighted by Crippen LogP contribution is -2.49. The van der Waals surface area contributed by atoms with Crippen molar-refractivity contribution in [2.24, 2.45) is 53.3 Å². The predicted molar refractivity (Wildman–Crippen MR) is 137 cm³/mol. The van der Waals surface area contributed by atoms with Gasteiger partial charge in [0.25, 0.3) is 0 Å². The Morgan fingerprint density at radius 1 is 0.471 bits per heavy atom. The van der Waals surface area contributed by atoms with Crippen molar-refractivity contribution in [1.82, 2.24) is 0 Å². The fourth-order valence-electron chi connectivity index (χ4n) is 6.21. The molecule has 0 aromatic carbocycles. The van der Waals surface area contributed by atoms with Crippen molar-refractivity contribution in [3.8, 4) is 0 Å². The third-order valence-corrected chi connectivity index (χ3v) is 10.6. The van der Waals surface area contributed by atoms with Crippen molar-refractivity contribution in [2.75, 3.05) is 33.0 Å². The molecule has 200 valence electrons. The average Bonchev–Trinajstić information content (AvgIpc) is 2.81. The van der Waals surface area contributed by atoms with E-state index in [0.29, 0.717) is 79.7 Å². The second-order valence-electron chi connectivity index (χ2n) is 12.4. The second kappa shape index (κ2) is 12.4. The van der Waals surface area contributed by atoms with Gasteiger partial charge in [0.15, 0.2) is 0 Å². The van der Waals surface area contributed by atoms with E-state index in [1.807, 2.05) is 0 Å². The van der Waals surface area contributed by atoms with Crippen molar-refractivity contribution in [3.63, 3.8) is 0 Å². The van der Waals surface area contributed by atoms with Gasteiger partial charge in [0, 0.05) is 6.61 Å². The Hall–Kier alpha value is -0.200. The summed E-state index contributed by atoms with van der Waals surface area (Å²) in [6, 6.07) is 0. The summed E-state index contributed by atoms with van der Waals surface area (Å²) in [5.74, 6) is 5.02. The maximum absolute atomic E-state index is 6.58. The van der Waals surface area contributed by atoms with Crippen LogP contribution in [0.2, 0.25) is 0 Å². The van der Waals surface area contributed by atoms with E-state index >= 15 is 0 Å². The Morgan fingerprint density at radius 2 is 0.882 bits per heavy atom. The van der Waals surface area contributed by atoms with Gasteiger partial charge in [0.1, 0.15) is 0 Å². The first-order chi connectivity index (χ1) is 16.0. The first-order valence-electron chi connectivity index (χ1n) is 14.1. The largest absolute Gasteiger partial charge is 0.376 e. The summed E-state index contributed by atoms with van der Waals surface area (Å²) in [6.07, 6.45) is 0.830. The fourth-order valence-corrected chi connectivity index (χ4v) is 6.21. The van der Waals surface area contributed by atoms with Crippen LogP contribution in [0.1, 0.15) is 69.2 Å². The molecule has 0 aromatic heterocycles. The van der Waals surface area contributed by atoms with E-state index in [1.54, 1.807) is 0 Å². The molecule has 0 bridgehead atoms. The van der Waals surface area contributed by atoms with Gasteiger partial charge in [-0.25, -0.2) is 0 Å². The van der Waals surface area contributed by atoms with Crippen LogP contribution in [0.25, 0.3) is 0 Å². The van der Waals surface area contributed by atoms with E-state index in [9.17, 15) is 0 Å². The molecule has 0 aromatic rings. The Morgan fingerprint density at radius 3 is 1.41 bits per heavy atom. The van der Waals surface area contributed by atoms with Gasteiger partial charge in [-0.15, -0.1) is 0 Å². The first-order valence-corrected chi connectivity index (χ1v) is 14.1. The highest BCUT2D eigenvalue weighted by Crippen LogP contribution is 2.37. The van der Waals surface area contributed by atoms with Crippen molar-refractivity contribution < 1.29 is 23.7 Å². The molecular formula is C29H54O5. The number of ether oxygens (including phenoxy) is 5. The predicted octanol–water partition coefficient (Wildman–Crippen LogP) is 5.70. The topological polar surface area (TPSA) is 46.2 Å². The minimum Gasteiger partial charge on any atom is -0.376 e. The highest BCUT2D eigenvalue weighted by atomic mass is 16.6. The van der Waals surface area contributed by atoms with Crippen LogP contribution in [0.15, 0.2) is 0 Å². The molecule has 3 aliphatic rings. The molecule has 3 rings (SSSR count). The van der Waals surface area contributed by atoms with Gasteiger partial charge in [-0.05, 0) is 60.2 Å². The number of hydrogen-bond acceptors (Lipinski definition) is 5. The van der Waals surface area contributed by atoms with E-state index in [2.05, 4.69) is 69.2 Å². The summed E-state index contributed by atoms with van der Waals surface area (Å²) in [7, 11) is 0. The molecule has 0 radical (unpaired) electrons. The summed E-state index contributed by atoms with van der Waals surface area (Å²) in [4.78, 5) is 0. The minimum atomic E-state index is 0.0955. The Balaban J connectivity index is 1.46. The third-order valence-electron chi connectivity index (χ3n) is 10.6. The molecule has 0 saturated carbocycles. The zero-order valence-electron chi connectivity index (χ0n) is 23.7.